The predicted octanol–water partition coefficient (Wildman–Crippen LogP) is 7.36. The van der Waals surface area contributed by atoms with Crippen molar-refractivity contribution in [3.63, 3.8) is 0 Å². The number of aryl methyl sites for hydroxylation is 2. The first-order chi connectivity index (χ1) is 17.9. The minimum Gasteiger partial charge on any atom is -0.325 e. The van der Waals surface area contributed by atoms with Gasteiger partial charge in [0.25, 0.3) is 0 Å². The fraction of sp³-hybridized carbons (Fsp3) is 0.161. The quantitative estimate of drug-likeness (QED) is 0.212. The van der Waals surface area contributed by atoms with Crippen LogP contribution in [0.15, 0.2) is 107 Å². The zero-order valence-electron chi connectivity index (χ0n) is 21.0. The zero-order chi connectivity index (χ0) is 26.0. The van der Waals surface area contributed by atoms with Crippen molar-refractivity contribution in [2.45, 2.75) is 30.1 Å². The van der Waals surface area contributed by atoms with Crippen molar-refractivity contribution >= 4 is 46.7 Å². The predicted molar refractivity (Wildman–Crippen MR) is 157 cm³/mol. The van der Waals surface area contributed by atoms with Gasteiger partial charge in [-0.3, -0.25) is 9.59 Å². The minimum atomic E-state index is -0.0202. The maximum absolute atomic E-state index is 12.3. The summed E-state index contributed by atoms with van der Waals surface area (Å²) in [5.74, 6) is 0.706. The summed E-state index contributed by atoms with van der Waals surface area (Å²) in [6, 6.07) is 32.2. The van der Waals surface area contributed by atoms with Gasteiger partial charge < -0.3 is 10.6 Å². The molecule has 188 valence electrons. The Morgan fingerprint density at radius 3 is 1.24 bits per heavy atom. The first-order valence-corrected chi connectivity index (χ1v) is 14.1. The van der Waals surface area contributed by atoms with Crippen molar-refractivity contribution in [3.8, 4) is 0 Å². The molecule has 2 N–H and O–H groups in total. The number of anilines is 2. The van der Waals surface area contributed by atoms with Crippen molar-refractivity contribution in [3.05, 3.63) is 119 Å². The molecule has 0 aliphatic carbocycles. The molecule has 0 bridgehead atoms. The van der Waals surface area contributed by atoms with Crippen molar-refractivity contribution in [2.75, 3.05) is 22.1 Å². The van der Waals surface area contributed by atoms with Gasteiger partial charge in [0.1, 0.15) is 0 Å². The van der Waals surface area contributed by atoms with E-state index in [0.717, 1.165) is 38.7 Å². The van der Waals surface area contributed by atoms with E-state index < -0.39 is 0 Å². The maximum atomic E-state index is 12.3. The van der Waals surface area contributed by atoms with Gasteiger partial charge in [-0.1, -0.05) is 59.7 Å². The number of carbonyl (C=O) groups is 2. The Morgan fingerprint density at radius 1 is 0.541 bits per heavy atom. The van der Waals surface area contributed by atoms with Crippen LogP contribution in [-0.2, 0) is 16.0 Å². The lowest BCUT2D eigenvalue weighted by molar-refractivity contribution is -0.114. The summed E-state index contributed by atoms with van der Waals surface area (Å²) in [5, 5.41) is 5.92. The van der Waals surface area contributed by atoms with E-state index in [9.17, 15) is 9.59 Å². The molecule has 0 saturated heterocycles. The normalized spacial score (nSPS) is 10.6. The molecule has 6 heteroatoms. The Morgan fingerprint density at radius 2 is 0.892 bits per heavy atom. The molecule has 4 aromatic carbocycles. The molecule has 0 heterocycles. The summed E-state index contributed by atoms with van der Waals surface area (Å²) in [6.45, 7) is 4.10. The van der Waals surface area contributed by atoms with Gasteiger partial charge in [0.2, 0.25) is 11.8 Å². The van der Waals surface area contributed by atoms with Crippen LogP contribution in [0.3, 0.4) is 0 Å². The molecule has 0 spiro atoms. The van der Waals surface area contributed by atoms with E-state index in [1.165, 1.54) is 34.7 Å². The molecule has 4 aromatic rings. The van der Waals surface area contributed by atoms with Gasteiger partial charge in [-0.05, 0) is 79.9 Å². The summed E-state index contributed by atoms with van der Waals surface area (Å²) < 4.78 is 0. The molecule has 2 amide bonds. The lowest BCUT2D eigenvalue weighted by atomic mass is 10.0. The van der Waals surface area contributed by atoms with Crippen LogP contribution in [0, 0.1) is 13.8 Å². The summed E-state index contributed by atoms with van der Waals surface area (Å²) >= 11 is 3.06. The van der Waals surface area contributed by atoms with E-state index in [0.29, 0.717) is 11.5 Å². The van der Waals surface area contributed by atoms with Gasteiger partial charge in [0, 0.05) is 21.2 Å². The van der Waals surface area contributed by atoms with Crippen LogP contribution in [0.5, 0.6) is 0 Å². The smallest absolute Gasteiger partial charge is 0.234 e. The van der Waals surface area contributed by atoms with Crippen LogP contribution in [0.2, 0.25) is 0 Å². The number of carbonyl (C=O) groups excluding carboxylic acids is 2. The molecular weight excluding hydrogens is 496 g/mol. The van der Waals surface area contributed by atoms with Gasteiger partial charge >= 0.3 is 0 Å². The second-order valence-corrected chi connectivity index (χ2v) is 11.0. The highest BCUT2D eigenvalue weighted by Gasteiger charge is 2.06. The van der Waals surface area contributed by atoms with Gasteiger partial charge in [-0.25, -0.2) is 0 Å². The average Bonchev–Trinajstić information content (AvgIpc) is 2.90. The van der Waals surface area contributed by atoms with Crippen LogP contribution in [0.4, 0.5) is 11.4 Å². The van der Waals surface area contributed by atoms with Crippen molar-refractivity contribution < 1.29 is 9.59 Å². The van der Waals surface area contributed by atoms with E-state index in [-0.39, 0.29) is 11.8 Å². The van der Waals surface area contributed by atoms with Gasteiger partial charge in [0.05, 0.1) is 11.5 Å². The Hall–Kier alpha value is -3.48. The molecule has 0 aliphatic rings. The summed E-state index contributed by atoms with van der Waals surface area (Å²) in [6.07, 6.45) is 0.773. The maximum Gasteiger partial charge on any atom is 0.234 e. The number of rotatable bonds is 10. The third-order valence-electron chi connectivity index (χ3n) is 5.67. The van der Waals surface area contributed by atoms with Gasteiger partial charge in [0.15, 0.2) is 0 Å². The topological polar surface area (TPSA) is 58.2 Å². The first kappa shape index (κ1) is 26.6. The van der Waals surface area contributed by atoms with Crippen molar-refractivity contribution in [1.82, 2.24) is 0 Å². The van der Waals surface area contributed by atoms with Crippen LogP contribution < -0.4 is 10.6 Å². The van der Waals surface area contributed by atoms with Crippen LogP contribution in [0.25, 0.3) is 0 Å². The number of thioether (sulfide) groups is 2. The SMILES string of the molecule is Cc1ccc(SCC(=O)Nc2ccc(Cc3ccc(NC(=O)CSc4ccc(C)cc4)cc3)cc2)cc1. The molecule has 0 atom stereocenters. The largest absolute Gasteiger partial charge is 0.325 e. The van der Waals surface area contributed by atoms with Crippen LogP contribution in [0.1, 0.15) is 22.3 Å². The van der Waals surface area contributed by atoms with E-state index in [2.05, 4.69) is 34.9 Å². The number of nitrogens with one attached hydrogen (secondary N) is 2. The Labute approximate surface area is 227 Å². The monoisotopic (exact) mass is 526 g/mol. The van der Waals surface area contributed by atoms with Gasteiger partial charge in [-0.2, -0.15) is 0 Å². The Balaban J connectivity index is 1.21. The highest BCUT2D eigenvalue weighted by Crippen LogP contribution is 2.21. The number of hydrogen-bond acceptors (Lipinski definition) is 4. The summed E-state index contributed by atoms with van der Waals surface area (Å²) in [5.41, 5.74) is 6.30. The van der Waals surface area contributed by atoms with Crippen molar-refractivity contribution in [1.29, 1.82) is 0 Å². The van der Waals surface area contributed by atoms with E-state index >= 15 is 0 Å². The average molecular weight is 527 g/mol. The number of benzene rings is 4. The first-order valence-electron chi connectivity index (χ1n) is 12.1. The fourth-order valence-electron chi connectivity index (χ4n) is 3.61. The standard InChI is InChI=1S/C31H30N2O2S2/c1-22-3-15-28(16-4-22)36-20-30(34)32-26-11-7-24(8-12-26)19-25-9-13-27(14-10-25)33-31(35)21-37-29-17-5-23(2)6-18-29/h3-18H,19-21H2,1-2H3,(H,32,34)(H,33,35). The lowest BCUT2D eigenvalue weighted by Gasteiger charge is -2.09. The van der Waals surface area contributed by atoms with E-state index in [1.807, 2.05) is 86.6 Å². The van der Waals surface area contributed by atoms with Crippen LogP contribution >= 0.6 is 23.5 Å². The fourth-order valence-corrected chi connectivity index (χ4v) is 5.01. The van der Waals surface area contributed by atoms with Crippen LogP contribution in [-0.4, -0.2) is 23.3 Å². The molecule has 0 aromatic heterocycles. The highest BCUT2D eigenvalue weighted by atomic mass is 32.2. The molecule has 37 heavy (non-hydrogen) atoms. The van der Waals surface area contributed by atoms with Crippen molar-refractivity contribution in [2.24, 2.45) is 0 Å². The molecule has 0 saturated carbocycles. The highest BCUT2D eigenvalue weighted by molar-refractivity contribution is 8.00. The van der Waals surface area contributed by atoms with E-state index in [1.54, 1.807) is 0 Å². The van der Waals surface area contributed by atoms with Gasteiger partial charge in [-0.15, -0.1) is 23.5 Å². The molecule has 4 nitrogen and oxygen atoms in total. The molecule has 0 aliphatic heterocycles. The zero-order valence-corrected chi connectivity index (χ0v) is 22.6. The minimum absolute atomic E-state index is 0.0202. The molecule has 0 unspecified atom stereocenters. The van der Waals surface area contributed by atoms with E-state index in [4.69, 9.17) is 0 Å². The lowest BCUT2D eigenvalue weighted by Crippen LogP contribution is -2.14. The summed E-state index contributed by atoms with van der Waals surface area (Å²) in [4.78, 5) is 26.8. The molecule has 0 radical (unpaired) electrons. The third kappa shape index (κ3) is 8.85. The molecule has 4 rings (SSSR count). The second kappa shape index (κ2) is 13.2. The number of amides is 2. The Kier molecular flexibility index (Phi) is 9.46. The Bertz CT molecular complexity index is 1210. The second-order valence-electron chi connectivity index (χ2n) is 8.87. The number of hydrogen-bond donors (Lipinski definition) is 2. The molecule has 0 fully saturated rings. The molecular formula is C31H30N2O2S2. The third-order valence-corrected chi connectivity index (χ3v) is 7.69. The summed E-state index contributed by atoms with van der Waals surface area (Å²) in [7, 11) is 0.